The predicted molar refractivity (Wildman–Crippen MR) is 106 cm³/mol. The first-order valence-corrected chi connectivity index (χ1v) is 9.08. The Hall–Kier alpha value is -4.08. The van der Waals surface area contributed by atoms with Crippen LogP contribution < -0.4 is 17.1 Å². The molecule has 0 atom stereocenters. The van der Waals surface area contributed by atoms with Gasteiger partial charge in [-0.3, -0.25) is 14.7 Å². The fourth-order valence-corrected chi connectivity index (χ4v) is 2.04. The summed E-state index contributed by atoms with van der Waals surface area (Å²) in [4.78, 5) is 97.5. The molecule has 0 radical (unpaired) electrons. The summed E-state index contributed by atoms with van der Waals surface area (Å²) in [5, 5.41) is 0. The molecule has 0 aromatic carbocycles. The lowest BCUT2D eigenvalue weighted by atomic mass is 10.6. The van der Waals surface area contributed by atoms with Crippen LogP contribution in [0.4, 0.5) is 0 Å². The smallest absolute Gasteiger partial charge is 0.293 e. The van der Waals surface area contributed by atoms with E-state index in [0.29, 0.717) is 13.7 Å². The maximum atomic E-state index is 12.6. The van der Waals surface area contributed by atoms with Gasteiger partial charge in [-0.1, -0.05) is 19.7 Å². The summed E-state index contributed by atoms with van der Waals surface area (Å²) in [5.74, 6) is -2.70. The fraction of sp³-hybridized carbons (Fsp3) is 0.333. The molecule has 1 rings (SSSR count). The monoisotopic (exact) mass is 471 g/mol. The van der Waals surface area contributed by atoms with E-state index in [4.69, 9.17) is 0 Å². The normalized spacial score (nSPS) is 10.2. The molecule has 0 aliphatic carbocycles. The molecule has 0 unspecified atom stereocenters. The Balaban J connectivity index is 3.09. The van der Waals surface area contributed by atoms with E-state index in [9.17, 15) is 28.8 Å². The minimum atomic E-state index is -1.04. The zero-order valence-corrected chi connectivity index (χ0v) is 17.3. The number of aromatic nitrogens is 3. The van der Waals surface area contributed by atoms with E-state index in [0.717, 1.165) is 18.2 Å². The highest BCUT2D eigenvalue weighted by Crippen LogP contribution is 1.88. The van der Waals surface area contributed by atoms with Crippen LogP contribution in [0, 0.1) is 0 Å². The van der Waals surface area contributed by atoms with E-state index in [1.165, 1.54) is 0 Å². The average Bonchev–Trinajstić information content (AvgIpc) is 2.81. The predicted octanol–water partition coefficient (Wildman–Crippen LogP) is -1.85. The second kappa shape index (κ2) is 14.1. The van der Waals surface area contributed by atoms with Gasteiger partial charge in [0, 0.05) is 18.2 Å². The second-order valence-electron chi connectivity index (χ2n) is 5.59. The van der Waals surface area contributed by atoms with Crippen LogP contribution in [0.2, 0.25) is 0 Å². The highest BCUT2D eigenvalue weighted by molar-refractivity contribution is 5.81. The zero-order chi connectivity index (χ0) is 24.8. The first-order valence-electron chi connectivity index (χ1n) is 9.08. The lowest BCUT2D eigenvalue weighted by molar-refractivity contribution is -0.269. The van der Waals surface area contributed by atoms with Gasteiger partial charge in [-0.15, -0.1) is 0 Å². The van der Waals surface area contributed by atoms with E-state index in [2.05, 4.69) is 49.1 Å². The molecule has 0 aliphatic rings. The number of hydrogen-bond donors (Lipinski definition) is 0. The maximum absolute atomic E-state index is 12.6. The number of nitrogens with zero attached hydrogens (tertiary/aromatic N) is 3. The summed E-state index contributed by atoms with van der Waals surface area (Å²) >= 11 is 0. The molecular weight excluding hydrogens is 450 g/mol. The first kappa shape index (κ1) is 27.0. The van der Waals surface area contributed by atoms with E-state index < -0.39 is 74.4 Å². The van der Waals surface area contributed by atoms with Crippen molar-refractivity contribution >= 4 is 17.9 Å². The average molecular weight is 471 g/mol. The third kappa shape index (κ3) is 8.52. The minimum Gasteiger partial charge on any atom is -0.293 e. The van der Waals surface area contributed by atoms with E-state index in [-0.39, 0.29) is 0 Å². The summed E-state index contributed by atoms with van der Waals surface area (Å²) < 4.78 is 1.86. The van der Waals surface area contributed by atoms with Gasteiger partial charge in [0.25, 0.3) is 0 Å². The highest BCUT2D eigenvalue weighted by atomic mass is 17.2. The molecule has 0 aliphatic heterocycles. The van der Waals surface area contributed by atoms with E-state index >= 15 is 0 Å². The van der Waals surface area contributed by atoms with Crippen LogP contribution in [0.15, 0.2) is 52.3 Å². The molecule has 0 saturated heterocycles. The zero-order valence-electron chi connectivity index (χ0n) is 17.3. The van der Waals surface area contributed by atoms with Gasteiger partial charge in [0.05, 0.1) is 19.6 Å². The van der Waals surface area contributed by atoms with Crippen LogP contribution >= 0.6 is 0 Å². The Morgan fingerprint density at radius 1 is 0.576 bits per heavy atom. The third-order valence-electron chi connectivity index (χ3n) is 3.50. The maximum Gasteiger partial charge on any atom is 0.365 e. The van der Waals surface area contributed by atoms with Crippen molar-refractivity contribution in [3.8, 4) is 0 Å². The van der Waals surface area contributed by atoms with E-state index in [1.807, 2.05) is 0 Å². The first-order chi connectivity index (χ1) is 15.8. The Bertz CT molecular complexity index is 901. The molecule has 15 heteroatoms. The van der Waals surface area contributed by atoms with Gasteiger partial charge in [0.1, 0.15) is 19.8 Å². The lowest BCUT2D eigenvalue weighted by Crippen LogP contribution is -2.55. The molecule has 1 aromatic heterocycles. The Morgan fingerprint density at radius 3 is 1.03 bits per heavy atom. The molecule has 1 aromatic rings. The van der Waals surface area contributed by atoms with Crippen molar-refractivity contribution in [2.45, 2.75) is 19.6 Å². The third-order valence-corrected chi connectivity index (χ3v) is 3.50. The summed E-state index contributed by atoms with van der Waals surface area (Å²) in [6, 6.07) is 0. The van der Waals surface area contributed by atoms with Crippen molar-refractivity contribution in [2.24, 2.45) is 0 Å². The number of rotatable bonds is 15. The molecule has 0 amide bonds. The number of carbonyl (C=O) groups is 3. The quantitative estimate of drug-likeness (QED) is 0.121. The molecule has 1 heterocycles. The SMILES string of the molecule is C=CC(=O)OOCCn1c(=O)n(CCOOC(=O)C=C)c(=O)n(CCOOC(=O)C=C)c1=O. The van der Waals surface area contributed by atoms with Gasteiger partial charge in [-0.2, -0.15) is 14.7 Å². The topological polar surface area (TPSA) is 173 Å². The van der Waals surface area contributed by atoms with Gasteiger partial charge in [-0.05, 0) is 0 Å². The van der Waals surface area contributed by atoms with Crippen molar-refractivity contribution in [1.29, 1.82) is 0 Å². The van der Waals surface area contributed by atoms with Crippen LogP contribution in [0.3, 0.4) is 0 Å². The lowest BCUT2D eigenvalue weighted by Gasteiger charge is -2.13. The summed E-state index contributed by atoms with van der Waals surface area (Å²) in [7, 11) is 0. The Labute approximate surface area is 185 Å². The molecule has 180 valence electrons. The van der Waals surface area contributed by atoms with Crippen molar-refractivity contribution in [1.82, 2.24) is 13.7 Å². The van der Waals surface area contributed by atoms with Gasteiger partial charge < -0.3 is 0 Å². The number of hydrogen-bond acceptors (Lipinski definition) is 12. The van der Waals surface area contributed by atoms with Gasteiger partial charge >= 0.3 is 35.0 Å². The number of carbonyl (C=O) groups excluding carboxylic acids is 3. The van der Waals surface area contributed by atoms with Gasteiger partial charge in [0.15, 0.2) is 0 Å². The molecular formula is C18H21N3O12. The van der Waals surface area contributed by atoms with Crippen LogP contribution in [-0.2, 0) is 63.3 Å². The largest absolute Gasteiger partial charge is 0.365 e. The summed E-state index contributed by atoms with van der Waals surface area (Å²) in [6.45, 7) is 6.98. The van der Waals surface area contributed by atoms with Gasteiger partial charge in [-0.25, -0.2) is 42.5 Å². The molecule has 15 nitrogen and oxygen atoms in total. The molecule has 0 fully saturated rings. The second-order valence-corrected chi connectivity index (χ2v) is 5.59. The summed E-state index contributed by atoms with van der Waals surface area (Å²) in [5.41, 5.74) is -3.13. The van der Waals surface area contributed by atoms with Crippen LogP contribution in [0.1, 0.15) is 0 Å². The molecule has 33 heavy (non-hydrogen) atoms. The van der Waals surface area contributed by atoms with Crippen LogP contribution in [0.25, 0.3) is 0 Å². The van der Waals surface area contributed by atoms with Crippen molar-refractivity contribution in [2.75, 3.05) is 19.8 Å². The fourth-order valence-electron chi connectivity index (χ4n) is 2.04. The Kier molecular flexibility index (Phi) is 11.5. The van der Waals surface area contributed by atoms with Crippen LogP contribution in [0.5, 0.6) is 0 Å². The summed E-state index contributed by atoms with van der Waals surface area (Å²) in [6.07, 6.45) is 2.49. The van der Waals surface area contributed by atoms with Crippen LogP contribution in [-0.4, -0.2) is 51.4 Å². The molecule has 0 spiro atoms. The standard InChI is InChI=1S/C18H21N3O12/c1-4-13(22)31-28-10-7-19-16(25)20(8-11-29-32-14(23)5-2)18(27)21(17(19)26)9-12-30-33-15(24)6-3/h4-6H,1-3,7-12H2. The molecule has 0 saturated carbocycles. The highest BCUT2D eigenvalue weighted by Gasteiger charge is 2.16. The van der Waals surface area contributed by atoms with Crippen molar-refractivity contribution in [3.63, 3.8) is 0 Å². The molecule has 0 bridgehead atoms. The van der Waals surface area contributed by atoms with Crippen molar-refractivity contribution in [3.05, 3.63) is 69.4 Å². The Morgan fingerprint density at radius 2 is 0.818 bits per heavy atom. The van der Waals surface area contributed by atoms with Gasteiger partial charge in [0.2, 0.25) is 0 Å². The molecule has 0 N–H and O–H groups in total. The van der Waals surface area contributed by atoms with Crippen molar-refractivity contribution < 1.29 is 43.7 Å². The minimum absolute atomic E-state index is 0.416. The van der Waals surface area contributed by atoms with E-state index in [1.54, 1.807) is 0 Å².